The maximum absolute atomic E-state index is 12.9. The molecule has 0 N–H and O–H groups in total. The first-order valence-electron chi connectivity index (χ1n) is 15.3. The van der Waals surface area contributed by atoms with E-state index < -0.39 is 66.3 Å². The van der Waals surface area contributed by atoms with Crippen molar-refractivity contribution in [2.24, 2.45) is 0 Å². The highest BCUT2D eigenvalue weighted by molar-refractivity contribution is 5.84. The van der Waals surface area contributed by atoms with E-state index in [2.05, 4.69) is 0 Å². The SMILES string of the molecule is CC(=O)OC(C)C(=O)OC(C)C(=O)Oc1c(C)cc(OCC(CN(C(C)=O)C(C)C)OC(=O)C(C)OC(=O)C(C)OC(C)=O)c(C)c1C. The van der Waals surface area contributed by atoms with Crippen LogP contribution >= 0.6 is 0 Å². The average molecular weight is 682 g/mol. The first-order chi connectivity index (χ1) is 22.2. The Kier molecular flexibility index (Phi) is 16.0. The molecule has 0 spiro atoms. The minimum absolute atomic E-state index is 0.0390. The van der Waals surface area contributed by atoms with E-state index in [9.17, 15) is 33.6 Å². The molecule has 48 heavy (non-hydrogen) atoms. The van der Waals surface area contributed by atoms with Crippen molar-refractivity contribution in [3.8, 4) is 11.5 Å². The fourth-order valence-electron chi connectivity index (χ4n) is 4.23. The number of benzene rings is 1. The van der Waals surface area contributed by atoms with Crippen LogP contribution in [0.3, 0.4) is 0 Å². The number of hydrogen-bond donors (Lipinski definition) is 0. The van der Waals surface area contributed by atoms with Gasteiger partial charge < -0.3 is 38.1 Å². The van der Waals surface area contributed by atoms with Gasteiger partial charge in [0.25, 0.3) is 0 Å². The van der Waals surface area contributed by atoms with E-state index in [1.807, 2.05) is 0 Å². The average Bonchev–Trinajstić information content (AvgIpc) is 2.97. The third kappa shape index (κ3) is 12.8. The summed E-state index contributed by atoms with van der Waals surface area (Å²) in [6.45, 7) is 17.3. The van der Waals surface area contributed by atoms with Crippen molar-refractivity contribution in [1.29, 1.82) is 0 Å². The van der Waals surface area contributed by atoms with Gasteiger partial charge in [0.05, 0.1) is 6.54 Å². The lowest BCUT2D eigenvalue weighted by Crippen LogP contribution is -2.45. The Labute approximate surface area is 280 Å². The lowest BCUT2D eigenvalue weighted by molar-refractivity contribution is -0.179. The van der Waals surface area contributed by atoms with Gasteiger partial charge in [-0.25, -0.2) is 19.2 Å². The number of rotatable bonds is 16. The molecule has 0 saturated carbocycles. The molecule has 0 heterocycles. The zero-order chi connectivity index (χ0) is 37.0. The van der Waals surface area contributed by atoms with Crippen LogP contribution in [-0.2, 0) is 57.2 Å². The van der Waals surface area contributed by atoms with Gasteiger partial charge in [0, 0.05) is 26.8 Å². The quantitative estimate of drug-likeness (QED) is 0.141. The molecular formula is C33H47NO14. The number of nitrogens with zero attached hydrogens (tertiary/aromatic N) is 1. The van der Waals surface area contributed by atoms with E-state index in [4.69, 9.17) is 33.2 Å². The van der Waals surface area contributed by atoms with E-state index in [0.717, 1.165) is 13.8 Å². The fraction of sp³-hybridized carbons (Fsp3) is 0.606. The van der Waals surface area contributed by atoms with Gasteiger partial charge in [-0.1, -0.05) is 0 Å². The second kappa shape index (κ2) is 18.6. The van der Waals surface area contributed by atoms with Gasteiger partial charge in [-0.3, -0.25) is 14.4 Å². The summed E-state index contributed by atoms with van der Waals surface area (Å²) in [5.74, 6) is -4.69. The van der Waals surface area contributed by atoms with Gasteiger partial charge in [0.15, 0.2) is 30.5 Å². The zero-order valence-electron chi connectivity index (χ0n) is 29.6. The monoisotopic (exact) mass is 681 g/mol. The Morgan fingerprint density at radius 2 is 1.06 bits per heavy atom. The van der Waals surface area contributed by atoms with Gasteiger partial charge in [-0.15, -0.1) is 0 Å². The highest BCUT2D eigenvalue weighted by Crippen LogP contribution is 2.33. The Morgan fingerprint density at radius 1 is 0.625 bits per heavy atom. The number of aryl methyl sites for hydroxylation is 1. The second-order valence-corrected chi connectivity index (χ2v) is 11.5. The molecule has 0 bridgehead atoms. The molecule has 0 aliphatic rings. The van der Waals surface area contributed by atoms with E-state index >= 15 is 0 Å². The predicted octanol–water partition coefficient (Wildman–Crippen LogP) is 2.83. The molecule has 5 unspecified atom stereocenters. The molecule has 1 aromatic carbocycles. The summed E-state index contributed by atoms with van der Waals surface area (Å²) in [6.07, 6.45) is -6.12. The van der Waals surface area contributed by atoms with Crippen molar-refractivity contribution < 1.29 is 66.7 Å². The van der Waals surface area contributed by atoms with Crippen molar-refractivity contribution in [2.45, 2.75) is 120 Å². The highest BCUT2D eigenvalue weighted by atomic mass is 16.6. The topological polar surface area (TPSA) is 187 Å². The summed E-state index contributed by atoms with van der Waals surface area (Å²) >= 11 is 0. The number of amides is 1. The normalized spacial score (nSPS) is 13.9. The molecular weight excluding hydrogens is 634 g/mol. The number of carbonyl (C=O) groups excluding carboxylic acids is 7. The summed E-state index contributed by atoms with van der Waals surface area (Å²) in [4.78, 5) is 86.1. The van der Waals surface area contributed by atoms with Crippen LogP contribution in [0.4, 0.5) is 0 Å². The first kappa shape index (κ1) is 41.3. The largest absolute Gasteiger partial charge is 0.489 e. The Balaban J connectivity index is 3.14. The number of hydrogen-bond acceptors (Lipinski definition) is 14. The molecule has 0 fully saturated rings. The van der Waals surface area contributed by atoms with E-state index in [1.165, 1.54) is 39.5 Å². The summed E-state index contributed by atoms with van der Waals surface area (Å²) in [5.41, 5.74) is 1.61. The minimum Gasteiger partial charge on any atom is -0.489 e. The van der Waals surface area contributed by atoms with Crippen LogP contribution in [0.15, 0.2) is 6.07 Å². The van der Waals surface area contributed by atoms with Crippen LogP contribution in [-0.4, -0.2) is 96.3 Å². The Hall–Kier alpha value is -4.69. The molecule has 5 atom stereocenters. The number of esters is 6. The molecule has 15 heteroatoms. The summed E-state index contributed by atoms with van der Waals surface area (Å²) in [7, 11) is 0. The van der Waals surface area contributed by atoms with Crippen LogP contribution < -0.4 is 9.47 Å². The van der Waals surface area contributed by atoms with Gasteiger partial charge in [-0.2, -0.15) is 0 Å². The molecule has 0 aliphatic heterocycles. The number of ether oxygens (including phenoxy) is 7. The smallest absolute Gasteiger partial charge is 0.352 e. The van der Waals surface area contributed by atoms with Crippen molar-refractivity contribution in [2.75, 3.05) is 13.2 Å². The van der Waals surface area contributed by atoms with Crippen LogP contribution in [0.1, 0.15) is 79.0 Å². The molecule has 0 aromatic heterocycles. The lowest BCUT2D eigenvalue weighted by atomic mass is 10.0. The lowest BCUT2D eigenvalue weighted by Gasteiger charge is -2.30. The van der Waals surface area contributed by atoms with E-state index in [-0.39, 0.29) is 30.9 Å². The summed E-state index contributed by atoms with van der Waals surface area (Å²) < 4.78 is 36.9. The maximum Gasteiger partial charge on any atom is 0.352 e. The van der Waals surface area contributed by atoms with Crippen molar-refractivity contribution in [3.63, 3.8) is 0 Å². The molecule has 0 radical (unpaired) electrons. The first-order valence-corrected chi connectivity index (χ1v) is 15.3. The molecule has 15 nitrogen and oxygen atoms in total. The molecule has 0 aliphatic carbocycles. The third-order valence-electron chi connectivity index (χ3n) is 6.92. The van der Waals surface area contributed by atoms with Gasteiger partial charge in [-0.05, 0) is 85.1 Å². The summed E-state index contributed by atoms with van der Waals surface area (Å²) in [6, 6.07) is 1.37. The van der Waals surface area contributed by atoms with Crippen molar-refractivity contribution in [3.05, 3.63) is 22.8 Å². The Bertz CT molecular complexity index is 1370. The minimum atomic E-state index is -1.37. The van der Waals surface area contributed by atoms with Crippen molar-refractivity contribution in [1.82, 2.24) is 4.90 Å². The van der Waals surface area contributed by atoms with E-state index in [1.54, 1.807) is 40.7 Å². The molecule has 268 valence electrons. The Morgan fingerprint density at radius 3 is 1.50 bits per heavy atom. The molecule has 0 saturated heterocycles. The molecule has 1 amide bonds. The van der Waals surface area contributed by atoms with Gasteiger partial charge in [0.1, 0.15) is 18.1 Å². The molecule has 1 aromatic rings. The summed E-state index contributed by atoms with van der Waals surface area (Å²) in [5, 5.41) is 0. The standard InChI is InChI=1S/C33H47NO14/c1-16(2)34(24(10)35)14-27(47-32(40)22(8)45-30(38)20(6)43-25(11)36)15-42-28-13-17(3)29(19(5)18(28)4)48-33(41)23(9)46-31(39)21(7)44-26(12)37/h13,16,20-23,27H,14-15H2,1-12H3. The third-order valence-corrected chi connectivity index (χ3v) is 6.92. The highest BCUT2D eigenvalue weighted by Gasteiger charge is 2.30. The van der Waals surface area contributed by atoms with E-state index in [0.29, 0.717) is 22.4 Å². The van der Waals surface area contributed by atoms with Crippen LogP contribution in [0.2, 0.25) is 0 Å². The van der Waals surface area contributed by atoms with Crippen LogP contribution in [0.25, 0.3) is 0 Å². The maximum atomic E-state index is 12.9. The van der Waals surface area contributed by atoms with Crippen molar-refractivity contribution >= 4 is 41.7 Å². The fourth-order valence-corrected chi connectivity index (χ4v) is 4.23. The number of carbonyl (C=O) groups is 7. The second-order valence-electron chi connectivity index (χ2n) is 11.5. The zero-order valence-corrected chi connectivity index (χ0v) is 29.6. The predicted molar refractivity (Wildman–Crippen MR) is 168 cm³/mol. The van der Waals surface area contributed by atoms with Crippen LogP contribution in [0.5, 0.6) is 11.5 Å². The molecule has 1 rings (SSSR count). The van der Waals surface area contributed by atoms with Crippen LogP contribution in [0, 0.1) is 20.8 Å². The van der Waals surface area contributed by atoms with Gasteiger partial charge in [0.2, 0.25) is 5.91 Å². The van der Waals surface area contributed by atoms with Gasteiger partial charge >= 0.3 is 35.8 Å².